The smallest absolute Gasteiger partial charge is 0.295 e. The number of nitrogens with zero attached hydrogens (tertiary/aromatic N) is 1. The minimum atomic E-state index is 0. The number of anilines is 1. The lowest BCUT2D eigenvalue weighted by Crippen LogP contribution is -3.00. The van der Waals surface area contributed by atoms with E-state index in [4.69, 9.17) is 11.6 Å². The lowest BCUT2D eigenvalue weighted by atomic mass is 10.3. The third kappa shape index (κ3) is 2.02. The second kappa shape index (κ2) is 3.60. The fourth-order valence-electron chi connectivity index (χ4n) is 0.640. The van der Waals surface area contributed by atoms with Gasteiger partial charge in [-0.1, -0.05) is 0 Å². The first-order chi connectivity index (χ1) is 4.20. The molecule has 0 atom stereocenters. The van der Waals surface area contributed by atoms with Gasteiger partial charge >= 0.3 is 0 Å². The highest BCUT2D eigenvalue weighted by Crippen LogP contribution is 1.93. The largest absolute Gasteiger partial charge is 1.00 e. The van der Waals surface area contributed by atoms with E-state index in [0.717, 1.165) is 5.56 Å². The number of aromatic nitrogens is 1. The minimum absolute atomic E-state index is 0. The summed E-state index contributed by atoms with van der Waals surface area (Å²) < 4.78 is 1.40. The summed E-state index contributed by atoms with van der Waals surface area (Å²) in [6, 6.07) is 3.69. The van der Waals surface area contributed by atoms with E-state index in [0.29, 0.717) is 5.82 Å². The van der Waals surface area contributed by atoms with E-state index in [-0.39, 0.29) is 24.0 Å². The molecule has 0 saturated heterocycles. The molecule has 0 aliphatic carbocycles. The summed E-state index contributed by atoms with van der Waals surface area (Å²) in [5.74, 6) is 5.98. The summed E-state index contributed by atoms with van der Waals surface area (Å²) in [4.78, 5) is 0. The van der Waals surface area contributed by atoms with Crippen LogP contribution >= 0.6 is 0 Å². The average molecular weight is 251 g/mol. The van der Waals surface area contributed by atoms with Gasteiger partial charge in [0.2, 0.25) is 0 Å². The normalized spacial score (nSPS) is 8.50. The van der Waals surface area contributed by atoms with Crippen LogP contribution in [-0.2, 0) is 0 Å². The predicted molar refractivity (Wildman–Crippen MR) is 35.9 cm³/mol. The van der Waals surface area contributed by atoms with Gasteiger partial charge in [0, 0.05) is 6.07 Å². The van der Waals surface area contributed by atoms with Crippen LogP contribution in [0.5, 0.6) is 0 Å². The summed E-state index contributed by atoms with van der Waals surface area (Å²) >= 11 is 0. The number of aryl methyl sites for hydroxylation is 1. The first-order valence-corrected chi connectivity index (χ1v) is 2.73. The fourth-order valence-corrected chi connectivity index (χ4v) is 0.640. The molecular weight excluding hydrogens is 241 g/mol. The Labute approximate surface area is 77.0 Å². The second-order valence-corrected chi connectivity index (χ2v) is 2.04. The molecule has 4 heteroatoms. The zero-order chi connectivity index (χ0) is 6.85. The lowest BCUT2D eigenvalue weighted by Gasteiger charge is -1.93. The SMILES string of the molecule is Cc1ccc(N)[n+](N)c1.[I-]. The molecule has 0 unspecified atom stereocenters. The molecule has 0 saturated carbocycles. The van der Waals surface area contributed by atoms with Crippen molar-refractivity contribution < 1.29 is 28.7 Å². The van der Waals surface area contributed by atoms with Crippen LogP contribution in [0.4, 0.5) is 5.82 Å². The van der Waals surface area contributed by atoms with Gasteiger partial charge in [-0.2, -0.15) is 0 Å². The number of halogens is 1. The van der Waals surface area contributed by atoms with Crippen molar-refractivity contribution in [1.29, 1.82) is 0 Å². The standard InChI is InChI=1S/C6H9N3.HI/c1-5-2-3-6(7)9(8)4-5;/h2-4,7H,8H2,1H3;1H. The van der Waals surface area contributed by atoms with Crippen LogP contribution < -0.4 is 40.2 Å². The maximum absolute atomic E-state index is 5.43. The van der Waals surface area contributed by atoms with Gasteiger partial charge in [-0.15, -0.1) is 4.68 Å². The summed E-state index contributed by atoms with van der Waals surface area (Å²) in [5, 5.41) is 0. The van der Waals surface area contributed by atoms with Gasteiger partial charge in [0.15, 0.2) is 0 Å². The Morgan fingerprint density at radius 3 is 2.40 bits per heavy atom. The van der Waals surface area contributed by atoms with Crippen LogP contribution in [0.3, 0.4) is 0 Å². The molecule has 10 heavy (non-hydrogen) atoms. The van der Waals surface area contributed by atoms with E-state index >= 15 is 0 Å². The zero-order valence-corrected chi connectivity index (χ0v) is 7.87. The van der Waals surface area contributed by atoms with Gasteiger partial charge in [-0.05, 0) is 18.6 Å². The van der Waals surface area contributed by atoms with Crippen LogP contribution in [0.1, 0.15) is 5.56 Å². The Balaban J connectivity index is 0.000000810. The highest BCUT2D eigenvalue weighted by Gasteiger charge is 1.96. The van der Waals surface area contributed by atoms with Crippen molar-refractivity contribution in [2.75, 3.05) is 11.6 Å². The van der Waals surface area contributed by atoms with E-state index < -0.39 is 0 Å². The number of hydrogen-bond donors (Lipinski definition) is 2. The molecule has 4 N–H and O–H groups in total. The quantitative estimate of drug-likeness (QED) is 0.287. The summed E-state index contributed by atoms with van der Waals surface area (Å²) in [7, 11) is 0. The molecule has 0 radical (unpaired) electrons. The van der Waals surface area contributed by atoms with Gasteiger partial charge in [0.05, 0.1) is 0 Å². The lowest BCUT2D eigenvalue weighted by molar-refractivity contribution is -0.624. The highest BCUT2D eigenvalue weighted by atomic mass is 127. The first-order valence-electron chi connectivity index (χ1n) is 2.73. The van der Waals surface area contributed by atoms with E-state index in [2.05, 4.69) is 0 Å². The van der Waals surface area contributed by atoms with Crippen LogP contribution in [0.25, 0.3) is 0 Å². The third-order valence-corrected chi connectivity index (χ3v) is 1.16. The molecule has 0 aliphatic heterocycles. The zero-order valence-electron chi connectivity index (χ0n) is 5.71. The van der Waals surface area contributed by atoms with Crippen molar-refractivity contribution in [2.45, 2.75) is 6.92 Å². The Bertz CT molecular complexity index is 224. The molecule has 3 nitrogen and oxygen atoms in total. The van der Waals surface area contributed by atoms with Gasteiger partial charge in [0.1, 0.15) is 6.20 Å². The van der Waals surface area contributed by atoms with E-state index in [1.165, 1.54) is 4.68 Å². The molecule has 0 fully saturated rings. The number of pyridine rings is 1. The fraction of sp³-hybridized carbons (Fsp3) is 0.167. The molecule has 0 aliphatic rings. The maximum atomic E-state index is 5.43. The average Bonchev–Trinajstić information content (AvgIpc) is 1.80. The number of hydrogen-bond acceptors (Lipinski definition) is 2. The van der Waals surface area contributed by atoms with Gasteiger partial charge in [0.25, 0.3) is 5.82 Å². The molecule has 1 heterocycles. The summed E-state index contributed by atoms with van der Waals surface area (Å²) in [6.45, 7) is 1.96. The van der Waals surface area contributed by atoms with Crippen molar-refractivity contribution in [3.8, 4) is 0 Å². The maximum Gasteiger partial charge on any atom is 0.295 e. The van der Waals surface area contributed by atoms with Crippen molar-refractivity contribution in [3.05, 3.63) is 23.9 Å². The van der Waals surface area contributed by atoms with Crippen molar-refractivity contribution >= 4 is 5.82 Å². The number of rotatable bonds is 0. The third-order valence-electron chi connectivity index (χ3n) is 1.16. The minimum Gasteiger partial charge on any atom is -1.00 e. The molecule has 0 bridgehead atoms. The van der Waals surface area contributed by atoms with E-state index in [9.17, 15) is 0 Å². The molecule has 1 aromatic heterocycles. The predicted octanol–water partition coefficient (Wildman–Crippen LogP) is -3.42. The van der Waals surface area contributed by atoms with Crippen LogP contribution in [0, 0.1) is 6.92 Å². The van der Waals surface area contributed by atoms with Gasteiger partial charge < -0.3 is 24.0 Å². The van der Waals surface area contributed by atoms with Crippen LogP contribution in [0.2, 0.25) is 0 Å². The molecule has 1 rings (SSSR count). The molecule has 1 aromatic rings. The van der Waals surface area contributed by atoms with E-state index in [1.54, 1.807) is 12.3 Å². The number of nitrogen functional groups attached to an aromatic ring is 2. The van der Waals surface area contributed by atoms with Crippen molar-refractivity contribution in [1.82, 2.24) is 0 Å². The Hall–Kier alpha value is -0.520. The Morgan fingerprint density at radius 2 is 2.00 bits per heavy atom. The van der Waals surface area contributed by atoms with Gasteiger partial charge in [-0.25, -0.2) is 0 Å². The molecule has 0 amide bonds. The molecule has 0 aromatic carbocycles. The molecule has 0 spiro atoms. The van der Waals surface area contributed by atoms with Crippen molar-refractivity contribution in [2.24, 2.45) is 0 Å². The Morgan fingerprint density at radius 1 is 1.40 bits per heavy atom. The second-order valence-electron chi connectivity index (χ2n) is 2.04. The molecule has 56 valence electrons. The van der Waals surface area contributed by atoms with Crippen LogP contribution in [0.15, 0.2) is 18.3 Å². The van der Waals surface area contributed by atoms with Crippen LogP contribution in [-0.4, -0.2) is 0 Å². The van der Waals surface area contributed by atoms with Gasteiger partial charge in [-0.3, -0.25) is 11.6 Å². The summed E-state index contributed by atoms with van der Waals surface area (Å²) in [6.07, 6.45) is 1.77. The number of nitrogens with two attached hydrogens (primary N) is 2. The Kier molecular flexibility index (Phi) is 3.41. The molecular formula is C6H10IN3. The monoisotopic (exact) mass is 251 g/mol. The highest BCUT2D eigenvalue weighted by molar-refractivity contribution is 5.22. The summed E-state index contributed by atoms with van der Waals surface area (Å²) in [5.41, 5.74) is 6.53. The van der Waals surface area contributed by atoms with Crippen molar-refractivity contribution in [3.63, 3.8) is 0 Å². The topological polar surface area (TPSA) is 55.9 Å². The first kappa shape index (κ1) is 9.48. The van der Waals surface area contributed by atoms with E-state index in [1.807, 2.05) is 13.0 Å².